The Bertz CT molecular complexity index is 614. The molecular formula is C21H26O2Si. The summed E-state index contributed by atoms with van der Waals surface area (Å²) in [6.07, 6.45) is 4.99. The highest BCUT2D eigenvalue weighted by Crippen LogP contribution is 2.30. The highest BCUT2D eigenvalue weighted by Gasteiger charge is 2.37. The maximum absolute atomic E-state index is 6.84. The molecule has 0 amide bonds. The molecule has 0 bridgehead atoms. The molecule has 1 heterocycles. The Morgan fingerprint density at radius 2 is 1.50 bits per heavy atom. The lowest BCUT2D eigenvalue weighted by atomic mass is 9.85. The molecule has 2 aromatic carbocycles. The third-order valence-electron chi connectivity index (χ3n) is 4.40. The molecule has 1 aliphatic rings. The third-order valence-corrected chi connectivity index (χ3v) is 6.94. The molecule has 3 rings (SSSR count). The lowest BCUT2D eigenvalue weighted by Crippen LogP contribution is -2.52. The molecular weight excluding hydrogens is 312 g/mol. The van der Waals surface area contributed by atoms with Gasteiger partial charge in [0.15, 0.2) is 0 Å². The third kappa shape index (κ3) is 3.97. The van der Waals surface area contributed by atoms with Crippen LogP contribution in [0.3, 0.4) is 0 Å². The predicted molar refractivity (Wildman–Crippen MR) is 102 cm³/mol. The van der Waals surface area contributed by atoms with E-state index in [4.69, 9.17) is 9.16 Å². The summed E-state index contributed by atoms with van der Waals surface area (Å²) < 4.78 is 12.7. The molecule has 0 saturated carbocycles. The Morgan fingerprint density at radius 1 is 0.958 bits per heavy atom. The van der Waals surface area contributed by atoms with E-state index in [9.17, 15) is 0 Å². The first-order chi connectivity index (χ1) is 11.6. The van der Waals surface area contributed by atoms with Crippen molar-refractivity contribution >= 4 is 19.4 Å². The average Bonchev–Trinajstić information content (AvgIpc) is 3.10. The summed E-state index contributed by atoms with van der Waals surface area (Å²) in [7, 11) is -1.77. The van der Waals surface area contributed by atoms with Crippen molar-refractivity contribution in [1.29, 1.82) is 0 Å². The quantitative estimate of drug-likeness (QED) is 0.779. The van der Waals surface area contributed by atoms with E-state index in [1.165, 1.54) is 10.4 Å². The number of rotatable bonds is 5. The summed E-state index contributed by atoms with van der Waals surface area (Å²) in [5, 5.41) is 2.62. The molecule has 2 atom stereocenters. The normalized spacial score (nSPS) is 18.6. The largest absolute Gasteiger partial charge is 0.495 e. The van der Waals surface area contributed by atoms with Crippen LogP contribution < -0.4 is 10.4 Å². The van der Waals surface area contributed by atoms with E-state index in [1.807, 2.05) is 6.26 Å². The zero-order chi connectivity index (χ0) is 17.0. The van der Waals surface area contributed by atoms with Crippen LogP contribution in [0, 0.1) is 5.41 Å². The first kappa shape index (κ1) is 17.0. The second-order valence-corrected chi connectivity index (χ2v) is 9.77. The smallest absolute Gasteiger partial charge is 0.240 e. The Hall–Kier alpha value is -1.84. The van der Waals surface area contributed by atoms with E-state index < -0.39 is 9.04 Å². The number of hydrogen-bond acceptors (Lipinski definition) is 2. The van der Waals surface area contributed by atoms with Gasteiger partial charge < -0.3 is 9.16 Å². The molecule has 0 aromatic heterocycles. The van der Waals surface area contributed by atoms with Crippen LogP contribution in [-0.4, -0.2) is 21.2 Å². The van der Waals surface area contributed by atoms with Crippen LogP contribution in [0.5, 0.6) is 0 Å². The molecule has 2 nitrogen and oxygen atoms in total. The molecule has 0 N–H and O–H groups in total. The van der Waals surface area contributed by atoms with Crippen LogP contribution in [0.4, 0.5) is 0 Å². The highest BCUT2D eigenvalue weighted by molar-refractivity contribution is 6.80. The Labute approximate surface area is 146 Å². The Morgan fingerprint density at radius 3 is 1.92 bits per heavy atom. The van der Waals surface area contributed by atoms with Crippen LogP contribution in [-0.2, 0) is 9.16 Å². The van der Waals surface area contributed by atoms with E-state index >= 15 is 0 Å². The van der Waals surface area contributed by atoms with E-state index in [0.29, 0.717) is 0 Å². The van der Waals surface area contributed by atoms with Crippen LogP contribution in [0.15, 0.2) is 73.0 Å². The summed E-state index contributed by atoms with van der Waals surface area (Å²) in [5.74, 6) is 0. The van der Waals surface area contributed by atoms with Crippen LogP contribution in [0.1, 0.15) is 27.2 Å². The topological polar surface area (TPSA) is 18.5 Å². The Balaban J connectivity index is 1.93. The number of ether oxygens (including phenoxy) is 1. The van der Waals surface area contributed by atoms with Crippen LogP contribution >= 0.6 is 0 Å². The number of hydrogen-bond donors (Lipinski definition) is 0. The average molecular weight is 339 g/mol. The highest BCUT2D eigenvalue weighted by atomic mass is 28.3. The van der Waals surface area contributed by atoms with Gasteiger partial charge in [0.25, 0.3) is 0 Å². The van der Waals surface area contributed by atoms with Crippen molar-refractivity contribution < 1.29 is 9.16 Å². The van der Waals surface area contributed by atoms with Gasteiger partial charge in [0.2, 0.25) is 9.04 Å². The number of benzene rings is 2. The minimum atomic E-state index is -1.77. The molecule has 3 heteroatoms. The van der Waals surface area contributed by atoms with Gasteiger partial charge in [-0.1, -0.05) is 81.4 Å². The van der Waals surface area contributed by atoms with Crippen molar-refractivity contribution in [1.82, 2.24) is 0 Å². The van der Waals surface area contributed by atoms with Gasteiger partial charge in [0.05, 0.1) is 12.4 Å². The van der Waals surface area contributed by atoms with Gasteiger partial charge >= 0.3 is 0 Å². The summed E-state index contributed by atoms with van der Waals surface area (Å²) in [6, 6.07) is 21.3. The van der Waals surface area contributed by atoms with Gasteiger partial charge in [-0.3, -0.25) is 0 Å². The fourth-order valence-electron chi connectivity index (χ4n) is 3.20. The molecule has 0 fully saturated rings. The van der Waals surface area contributed by atoms with Gasteiger partial charge in [-0.25, -0.2) is 0 Å². The van der Waals surface area contributed by atoms with Gasteiger partial charge in [-0.2, -0.15) is 0 Å². The molecule has 24 heavy (non-hydrogen) atoms. The lowest BCUT2D eigenvalue weighted by molar-refractivity contribution is -0.0227. The van der Waals surface area contributed by atoms with E-state index in [-0.39, 0.29) is 17.6 Å². The molecule has 0 saturated heterocycles. The minimum absolute atomic E-state index is 0.0193. The predicted octanol–water partition coefficient (Wildman–Crippen LogP) is 3.26. The monoisotopic (exact) mass is 338 g/mol. The van der Waals surface area contributed by atoms with Gasteiger partial charge in [-0.15, -0.1) is 0 Å². The molecule has 0 spiro atoms. The first-order valence-electron chi connectivity index (χ1n) is 8.61. The maximum atomic E-state index is 6.84. The lowest BCUT2D eigenvalue weighted by Gasteiger charge is -2.37. The van der Waals surface area contributed by atoms with Crippen molar-refractivity contribution in [2.24, 2.45) is 5.41 Å². The van der Waals surface area contributed by atoms with E-state index in [1.54, 1.807) is 0 Å². The Kier molecular flexibility index (Phi) is 5.22. The molecule has 1 aliphatic heterocycles. The van der Waals surface area contributed by atoms with Crippen molar-refractivity contribution in [3.05, 3.63) is 73.0 Å². The van der Waals surface area contributed by atoms with Gasteiger partial charge in [-0.05, 0) is 21.9 Å². The second kappa shape index (κ2) is 7.37. The summed E-state index contributed by atoms with van der Waals surface area (Å²) >= 11 is 0. The molecule has 126 valence electrons. The summed E-state index contributed by atoms with van der Waals surface area (Å²) in [4.78, 5) is 0. The molecule has 2 aromatic rings. The van der Waals surface area contributed by atoms with Crippen LogP contribution in [0.2, 0.25) is 0 Å². The van der Waals surface area contributed by atoms with E-state index in [0.717, 1.165) is 6.42 Å². The fraction of sp³-hybridized carbons (Fsp3) is 0.333. The standard InChI is InChI=1S/C21H26O2Si/c1-21(2,3)20(19-15-10-16-22-19)23-24(17-11-6-4-7-12-17)18-13-8-5-9-14-18/h4-14,16,19-20,24H,15H2,1-3H3. The van der Waals surface area contributed by atoms with Crippen molar-refractivity contribution in [3.8, 4) is 0 Å². The van der Waals surface area contributed by atoms with Crippen LogP contribution in [0.25, 0.3) is 0 Å². The fourth-order valence-corrected chi connectivity index (χ4v) is 5.92. The zero-order valence-corrected chi connectivity index (χ0v) is 15.8. The molecule has 0 radical (unpaired) electrons. The van der Waals surface area contributed by atoms with Crippen molar-refractivity contribution in [2.45, 2.75) is 39.4 Å². The van der Waals surface area contributed by atoms with E-state index in [2.05, 4.69) is 87.5 Å². The second-order valence-electron chi connectivity index (χ2n) is 7.41. The van der Waals surface area contributed by atoms with Gasteiger partial charge in [0, 0.05) is 6.42 Å². The van der Waals surface area contributed by atoms with Gasteiger partial charge in [0.1, 0.15) is 6.10 Å². The van der Waals surface area contributed by atoms with Crippen molar-refractivity contribution in [3.63, 3.8) is 0 Å². The molecule has 0 aliphatic carbocycles. The maximum Gasteiger partial charge on any atom is 0.240 e. The zero-order valence-electron chi connectivity index (χ0n) is 14.7. The summed E-state index contributed by atoms with van der Waals surface area (Å²) in [5.41, 5.74) is 0.0193. The summed E-state index contributed by atoms with van der Waals surface area (Å²) in [6.45, 7) is 6.71. The molecule has 2 unspecified atom stereocenters. The SMILES string of the molecule is CC(C)(C)C(O[SiH](c1ccccc1)c1ccccc1)C1CC=CO1. The minimum Gasteiger partial charge on any atom is -0.495 e. The van der Waals surface area contributed by atoms with Crippen molar-refractivity contribution in [2.75, 3.05) is 0 Å². The first-order valence-corrected chi connectivity index (χ1v) is 10.2.